The SMILES string of the molecule is COCCCCn1c(C(C)Cl)nc2c(F)cccc21. The molecule has 1 aromatic heterocycles. The van der Waals surface area contributed by atoms with Crippen molar-refractivity contribution in [1.82, 2.24) is 9.55 Å². The molecule has 0 saturated carbocycles. The van der Waals surface area contributed by atoms with Crippen molar-refractivity contribution in [3.8, 4) is 0 Å². The van der Waals surface area contributed by atoms with E-state index in [4.69, 9.17) is 16.3 Å². The van der Waals surface area contributed by atoms with E-state index >= 15 is 0 Å². The van der Waals surface area contributed by atoms with E-state index in [1.54, 1.807) is 13.2 Å². The third kappa shape index (κ3) is 3.07. The predicted octanol–water partition coefficient (Wildman–Crippen LogP) is 3.90. The number of methoxy groups -OCH3 is 1. The number of aromatic nitrogens is 2. The second-order valence-electron chi connectivity index (χ2n) is 4.55. The van der Waals surface area contributed by atoms with E-state index in [0.717, 1.165) is 37.3 Å². The number of alkyl halides is 1. The first-order chi connectivity index (χ1) is 9.15. The van der Waals surface area contributed by atoms with Crippen LogP contribution in [0.3, 0.4) is 0 Å². The van der Waals surface area contributed by atoms with Crippen LogP contribution in [0.15, 0.2) is 18.2 Å². The summed E-state index contributed by atoms with van der Waals surface area (Å²) in [5, 5.41) is -0.241. The normalized spacial score (nSPS) is 13.1. The van der Waals surface area contributed by atoms with Crippen LogP contribution in [0.5, 0.6) is 0 Å². The number of imidazole rings is 1. The average molecular weight is 285 g/mol. The van der Waals surface area contributed by atoms with Crippen LogP contribution in [-0.4, -0.2) is 23.3 Å². The predicted molar refractivity (Wildman–Crippen MR) is 75.1 cm³/mol. The Morgan fingerprint density at radius 1 is 1.42 bits per heavy atom. The Hall–Kier alpha value is -1.13. The number of ether oxygens (including phenoxy) is 1. The zero-order chi connectivity index (χ0) is 13.8. The zero-order valence-corrected chi connectivity index (χ0v) is 12.0. The van der Waals surface area contributed by atoms with Crippen LogP contribution < -0.4 is 0 Å². The lowest BCUT2D eigenvalue weighted by atomic mass is 10.3. The second kappa shape index (κ2) is 6.35. The molecule has 0 fully saturated rings. The second-order valence-corrected chi connectivity index (χ2v) is 5.20. The molecule has 1 atom stereocenters. The van der Waals surface area contributed by atoms with Gasteiger partial charge in [0.05, 0.1) is 10.9 Å². The highest BCUT2D eigenvalue weighted by atomic mass is 35.5. The molecule has 0 amide bonds. The van der Waals surface area contributed by atoms with Gasteiger partial charge in [-0.15, -0.1) is 11.6 Å². The number of hydrogen-bond acceptors (Lipinski definition) is 2. The average Bonchev–Trinajstić information content (AvgIpc) is 2.75. The lowest BCUT2D eigenvalue weighted by Gasteiger charge is -2.10. The van der Waals surface area contributed by atoms with Crippen LogP contribution in [0.25, 0.3) is 11.0 Å². The molecule has 104 valence electrons. The molecule has 1 unspecified atom stereocenters. The Bertz CT molecular complexity index is 554. The Kier molecular flexibility index (Phi) is 4.77. The summed E-state index contributed by atoms with van der Waals surface area (Å²) in [6.45, 7) is 3.36. The maximum Gasteiger partial charge on any atom is 0.151 e. The number of benzene rings is 1. The minimum Gasteiger partial charge on any atom is -0.385 e. The minimum absolute atomic E-state index is 0.241. The maximum absolute atomic E-state index is 13.7. The Morgan fingerprint density at radius 3 is 2.89 bits per heavy atom. The van der Waals surface area contributed by atoms with Crippen molar-refractivity contribution in [2.45, 2.75) is 31.7 Å². The molecule has 0 bridgehead atoms. The van der Waals surface area contributed by atoms with Gasteiger partial charge in [-0.2, -0.15) is 0 Å². The van der Waals surface area contributed by atoms with Crippen LogP contribution in [-0.2, 0) is 11.3 Å². The van der Waals surface area contributed by atoms with Gasteiger partial charge in [0.1, 0.15) is 11.3 Å². The van der Waals surface area contributed by atoms with E-state index < -0.39 is 0 Å². The lowest BCUT2D eigenvalue weighted by molar-refractivity contribution is 0.191. The van der Waals surface area contributed by atoms with Gasteiger partial charge in [-0.25, -0.2) is 9.37 Å². The topological polar surface area (TPSA) is 27.1 Å². The van der Waals surface area contributed by atoms with Crippen molar-refractivity contribution >= 4 is 22.6 Å². The van der Waals surface area contributed by atoms with E-state index in [9.17, 15) is 4.39 Å². The molecule has 19 heavy (non-hydrogen) atoms. The van der Waals surface area contributed by atoms with Crippen molar-refractivity contribution in [3.63, 3.8) is 0 Å². The summed E-state index contributed by atoms with van der Waals surface area (Å²) in [5.74, 6) is 0.422. The summed E-state index contributed by atoms with van der Waals surface area (Å²) >= 11 is 6.14. The van der Waals surface area contributed by atoms with Gasteiger partial charge < -0.3 is 9.30 Å². The highest BCUT2D eigenvalue weighted by molar-refractivity contribution is 6.20. The van der Waals surface area contributed by atoms with Crippen molar-refractivity contribution in [2.24, 2.45) is 0 Å². The number of aryl methyl sites for hydroxylation is 1. The molecule has 0 saturated heterocycles. The highest BCUT2D eigenvalue weighted by Crippen LogP contribution is 2.26. The molecule has 0 N–H and O–H groups in total. The van der Waals surface area contributed by atoms with Gasteiger partial charge in [0.25, 0.3) is 0 Å². The van der Waals surface area contributed by atoms with Gasteiger partial charge in [0, 0.05) is 20.3 Å². The number of hydrogen-bond donors (Lipinski definition) is 0. The van der Waals surface area contributed by atoms with Crippen LogP contribution in [0.1, 0.15) is 31.0 Å². The number of para-hydroxylation sites is 1. The number of halogens is 2. The van der Waals surface area contributed by atoms with Gasteiger partial charge in [-0.1, -0.05) is 6.07 Å². The quantitative estimate of drug-likeness (QED) is 0.594. The molecule has 0 radical (unpaired) electrons. The molecule has 1 heterocycles. The molecule has 0 aliphatic heterocycles. The van der Waals surface area contributed by atoms with E-state index in [1.165, 1.54) is 6.07 Å². The van der Waals surface area contributed by atoms with Crippen LogP contribution in [0, 0.1) is 5.82 Å². The Labute approximate surface area is 117 Å². The smallest absolute Gasteiger partial charge is 0.151 e. The standard InChI is InChI=1S/C14H18ClFN2O/c1-10(15)14-17-13-11(16)6-5-7-12(13)18(14)8-3-4-9-19-2/h5-7,10H,3-4,8-9H2,1-2H3. The number of fused-ring (bicyclic) bond motifs is 1. The molecular weight excluding hydrogens is 267 g/mol. The monoisotopic (exact) mass is 284 g/mol. The lowest BCUT2D eigenvalue weighted by Crippen LogP contribution is -2.05. The van der Waals surface area contributed by atoms with Crippen molar-refractivity contribution in [3.05, 3.63) is 29.8 Å². The summed E-state index contributed by atoms with van der Waals surface area (Å²) < 4.78 is 20.8. The first-order valence-corrected chi connectivity index (χ1v) is 6.86. The van der Waals surface area contributed by atoms with Gasteiger partial charge in [0.2, 0.25) is 0 Å². The van der Waals surface area contributed by atoms with E-state index in [2.05, 4.69) is 4.98 Å². The van der Waals surface area contributed by atoms with Gasteiger partial charge in [-0.05, 0) is 31.9 Å². The van der Waals surface area contributed by atoms with Crippen LogP contribution >= 0.6 is 11.6 Å². The summed E-state index contributed by atoms with van der Waals surface area (Å²) in [7, 11) is 1.69. The first-order valence-electron chi connectivity index (χ1n) is 6.42. The fourth-order valence-corrected chi connectivity index (χ4v) is 2.35. The fraction of sp³-hybridized carbons (Fsp3) is 0.500. The van der Waals surface area contributed by atoms with Gasteiger partial charge >= 0.3 is 0 Å². The van der Waals surface area contributed by atoms with Crippen molar-refractivity contribution < 1.29 is 9.13 Å². The fourth-order valence-electron chi connectivity index (χ4n) is 2.19. The molecular formula is C14H18ClFN2O. The van der Waals surface area contributed by atoms with Crippen molar-refractivity contribution in [2.75, 3.05) is 13.7 Å². The third-order valence-corrected chi connectivity index (χ3v) is 3.29. The molecule has 5 heteroatoms. The summed E-state index contributed by atoms with van der Waals surface area (Å²) in [4.78, 5) is 4.34. The first kappa shape index (κ1) is 14.3. The molecule has 0 aliphatic carbocycles. The maximum atomic E-state index is 13.7. The highest BCUT2D eigenvalue weighted by Gasteiger charge is 2.16. The van der Waals surface area contributed by atoms with Gasteiger partial charge in [-0.3, -0.25) is 0 Å². The molecule has 0 spiro atoms. The molecule has 2 aromatic rings. The summed E-state index contributed by atoms with van der Waals surface area (Å²) in [5.41, 5.74) is 1.21. The van der Waals surface area contributed by atoms with E-state index in [0.29, 0.717) is 5.52 Å². The zero-order valence-electron chi connectivity index (χ0n) is 11.2. The Morgan fingerprint density at radius 2 is 2.21 bits per heavy atom. The molecule has 1 aromatic carbocycles. The third-order valence-electron chi connectivity index (χ3n) is 3.10. The van der Waals surface area contributed by atoms with E-state index in [1.807, 2.05) is 17.6 Å². The van der Waals surface area contributed by atoms with Crippen LogP contribution in [0.4, 0.5) is 4.39 Å². The summed E-state index contributed by atoms with van der Waals surface area (Å²) in [6, 6.07) is 5.01. The summed E-state index contributed by atoms with van der Waals surface area (Å²) in [6.07, 6.45) is 1.91. The van der Waals surface area contributed by atoms with Gasteiger partial charge in [0.15, 0.2) is 5.82 Å². The Balaban J connectivity index is 2.33. The van der Waals surface area contributed by atoms with E-state index in [-0.39, 0.29) is 11.2 Å². The molecule has 3 nitrogen and oxygen atoms in total. The largest absolute Gasteiger partial charge is 0.385 e. The number of unbranched alkanes of at least 4 members (excludes halogenated alkanes) is 1. The molecule has 2 rings (SSSR count). The number of rotatable bonds is 6. The molecule has 0 aliphatic rings. The number of nitrogens with zero attached hydrogens (tertiary/aromatic N) is 2. The van der Waals surface area contributed by atoms with Crippen LogP contribution in [0.2, 0.25) is 0 Å². The minimum atomic E-state index is -0.299. The van der Waals surface area contributed by atoms with Crippen molar-refractivity contribution in [1.29, 1.82) is 0 Å².